The number of hydrogen-bond acceptors (Lipinski definition) is 5. The monoisotopic (exact) mass is 392 g/mol. The number of rotatable bonds is 6. The van der Waals surface area contributed by atoms with Crippen molar-refractivity contribution in [2.24, 2.45) is 0 Å². The van der Waals surface area contributed by atoms with Gasteiger partial charge in [-0.3, -0.25) is 14.5 Å². The van der Waals surface area contributed by atoms with Crippen molar-refractivity contribution in [3.8, 4) is 0 Å². The molecule has 148 valence electrons. The van der Waals surface area contributed by atoms with E-state index in [1.165, 1.54) is 0 Å². The fourth-order valence-corrected chi connectivity index (χ4v) is 4.85. The summed E-state index contributed by atoms with van der Waals surface area (Å²) in [5.41, 5.74) is 0.401. The molecule has 1 aliphatic heterocycles. The molecule has 1 N–H and O–H groups in total. The quantitative estimate of drug-likeness (QED) is 0.752. The van der Waals surface area contributed by atoms with Gasteiger partial charge in [0, 0.05) is 13.6 Å². The molecule has 1 saturated carbocycles. The van der Waals surface area contributed by atoms with Gasteiger partial charge in [-0.25, -0.2) is 4.79 Å². The van der Waals surface area contributed by atoms with Crippen LogP contribution in [0.15, 0.2) is 16.8 Å². The Labute approximate surface area is 164 Å². The number of carbonyl (C=O) groups excluding carboxylic acids is 3. The standard InChI is InChI=1S/C19H28N4O3S/c1-21(2)15(14-7-10-27-13-14)11-20-16(24)12-23-17(25)19(22(3)18(23)26)8-5-4-6-9-19/h7,10,13,15H,4-6,8-9,11-12H2,1-3H3,(H,20,24). The molecule has 7 nitrogen and oxygen atoms in total. The van der Waals surface area contributed by atoms with E-state index in [0.29, 0.717) is 19.4 Å². The summed E-state index contributed by atoms with van der Waals surface area (Å²) in [6.07, 6.45) is 4.34. The van der Waals surface area contributed by atoms with Gasteiger partial charge in [0.15, 0.2) is 0 Å². The van der Waals surface area contributed by atoms with Crippen molar-refractivity contribution in [3.05, 3.63) is 22.4 Å². The predicted molar refractivity (Wildman–Crippen MR) is 104 cm³/mol. The van der Waals surface area contributed by atoms with Gasteiger partial charge in [0.05, 0.1) is 6.04 Å². The minimum absolute atomic E-state index is 0.0533. The van der Waals surface area contributed by atoms with E-state index < -0.39 is 5.54 Å². The summed E-state index contributed by atoms with van der Waals surface area (Å²) >= 11 is 1.62. The molecule has 1 saturated heterocycles. The summed E-state index contributed by atoms with van der Waals surface area (Å²) in [6.45, 7) is 0.216. The van der Waals surface area contributed by atoms with Crippen molar-refractivity contribution in [1.29, 1.82) is 0 Å². The van der Waals surface area contributed by atoms with E-state index in [4.69, 9.17) is 0 Å². The van der Waals surface area contributed by atoms with Crippen molar-refractivity contribution in [3.63, 3.8) is 0 Å². The molecule has 1 aromatic rings. The molecule has 0 radical (unpaired) electrons. The fraction of sp³-hybridized carbons (Fsp3) is 0.632. The second-order valence-electron chi connectivity index (χ2n) is 7.67. The van der Waals surface area contributed by atoms with Gasteiger partial charge >= 0.3 is 6.03 Å². The SMILES string of the molecule is CN(C)C(CNC(=O)CN1C(=O)N(C)C2(CCCCC2)C1=O)c1ccsc1. The molecule has 1 aliphatic carbocycles. The largest absolute Gasteiger partial charge is 0.353 e. The smallest absolute Gasteiger partial charge is 0.327 e. The Morgan fingerprint density at radius 1 is 1.30 bits per heavy atom. The number of hydrogen-bond donors (Lipinski definition) is 1. The maximum Gasteiger partial charge on any atom is 0.327 e. The maximum absolute atomic E-state index is 12.9. The Morgan fingerprint density at radius 3 is 2.59 bits per heavy atom. The second kappa shape index (κ2) is 7.98. The Morgan fingerprint density at radius 2 is 2.00 bits per heavy atom. The Bertz CT molecular complexity index is 698. The summed E-state index contributed by atoms with van der Waals surface area (Å²) in [6, 6.07) is 1.73. The predicted octanol–water partition coefficient (Wildman–Crippen LogP) is 2.06. The molecule has 1 spiro atoms. The second-order valence-corrected chi connectivity index (χ2v) is 8.45. The first kappa shape index (κ1) is 19.8. The zero-order valence-corrected chi connectivity index (χ0v) is 17.1. The van der Waals surface area contributed by atoms with Crippen LogP contribution in [0.2, 0.25) is 0 Å². The van der Waals surface area contributed by atoms with E-state index in [1.807, 2.05) is 30.4 Å². The van der Waals surface area contributed by atoms with E-state index in [-0.39, 0.29) is 30.4 Å². The highest BCUT2D eigenvalue weighted by atomic mass is 32.1. The average molecular weight is 393 g/mol. The summed E-state index contributed by atoms with van der Waals surface area (Å²) in [4.78, 5) is 42.7. The van der Waals surface area contributed by atoms with E-state index in [2.05, 4.69) is 10.7 Å². The van der Waals surface area contributed by atoms with Crippen LogP contribution in [0.5, 0.6) is 0 Å². The zero-order valence-electron chi connectivity index (χ0n) is 16.2. The number of nitrogens with one attached hydrogen (secondary N) is 1. The normalized spacial score (nSPS) is 20.6. The third-order valence-corrected chi connectivity index (χ3v) is 6.53. The topological polar surface area (TPSA) is 73.0 Å². The number of amides is 4. The van der Waals surface area contributed by atoms with Crippen molar-refractivity contribution in [2.75, 3.05) is 34.2 Å². The highest BCUT2D eigenvalue weighted by molar-refractivity contribution is 7.07. The lowest BCUT2D eigenvalue weighted by molar-refractivity contribution is -0.137. The van der Waals surface area contributed by atoms with Crippen molar-refractivity contribution in [2.45, 2.75) is 43.7 Å². The number of likely N-dealkylation sites (N-methyl/N-ethyl adjacent to an activating group) is 2. The van der Waals surface area contributed by atoms with Crippen LogP contribution in [0, 0.1) is 0 Å². The zero-order chi connectivity index (χ0) is 19.6. The molecule has 2 aliphatic rings. The van der Waals surface area contributed by atoms with Gasteiger partial charge < -0.3 is 15.1 Å². The number of thiophene rings is 1. The first-order chi connectivity index (χ1) is 12.9. The summed E-state index contributed by atoms with van der Waals surface area (Å²) in [5, 5.41) is 6.96. The van der Waals surface area contributed by atoms with Crippen molar-refractivity contribution in [1.82, 2.24) is 20.0 Å². The minimum atomic E-state index is -0.738. The number of carbonyl (C=O) groups is 3. The highest BCUT2D eigenvalue weighted by Crippen LogP contribution is 2.39. The minimum Gasteiger partial charge on any atom is -0.353 e. The van der Waals surface area contributed by atoms with Crippen LogP contribution in [-0.2, 0) is 9.59 Å². The molecule has 1 aromatic heterocycles. The summed E-state index contributed by atoms with van der Waals surface area (Å²) in [7, 11) is 5.61. The summed E-state index contributed by atoms with van der Waals surface area (Å²) in [5.74, 6) is -0.521. The van der Waals surface area contributed by atoms with Gasteiger partial charge in [0.1, 0.15) is 12.1 Å². The number of nitrogens with zero attached hydrogens (tertiary/aromatic N) is 3. The van der Waals surface area contributed by atoms with Gasteiger partial charge in [0.2, 0.25) is 5.91 Å². The molecule has 3 rings (SSSR count). The lowest BCUT2D eigenvalue weighted by Gasteiger charge is -2.35. The van der Waals surface area contributed by atoms with Crippen LogP contribution in [0.25, 0.3) is 0 Å². The van der Waals surface area contributed by atoms with Crippen molar-refractivity contribution < 1.29 is 14.4 Å². The van der Waals surface area contributed by atoms with E-state index in [9.17, 15) is 14.4 Å². The molecular weight excluding hydrogens is 364 g/mol. The third-order valence-electron chi connectivity index (χ3n) is 5.83. The Hall–Kier alpha value is -1.93. The van der Waals surface area contributed by atoms with Crippen LogP contribution in [0.3, 0.4) is 0 Å². The molecule has 0 bridgehead atoms. The highest BCUT2D eigenvalue weighted by Gasteiger charge is 2.55. The molecule has 2 heterocycles. The van der Waals surface area contributed by atoms with Gasteiger partial charge in [-0.05, 0) is 49.3 Å². The van der Waals surface area contributed by atoms with Crippen molar-refractivity contribution >= 4 is 29.2 Å². The van der Waals surface area contributed by atoms with Gasteiger partial charge in [-0.15, -0.1) is 0 Å². The molecule has 1 atom stereocenters. The molecule has 1 unspecified atom stereocenters. The lowest BCUT2D eigenvalue weighted by atomic mass is 9.81. The van der Waals surface area contributed by atoms with Crippen LogP contribution in [0.4, 0.5) is 4.79 Å². The Balaban J connectivity index is 1.62. The number of urea groups is 1. The third kappa shape index (κ3) is 3.73. The first-order valence-corrected chi connectivity index (χ1v) is 10.4. The van der Waals surface area contributed by atoms with Crippen LogP contribution in [-0.4, -0.2) is 72.3 Å². The van der Waals surface area contributed by atoms with Crippen LogP contribution < -0.4 is 5.32 Å². The lowest BCUT2D eigenvalue weighted by Crippen LogP contribution is -2.49. The molecule has 8 heteroatoms. The molecule has 27 heavy (non-hydrogen) atoms. The summed E-state index contributed by atoms with van der Waals surface area (Å²) < 4.78 is 0. The van der Waals surface area contributed by atoms with E-state index in [1.54, 1.807) is 23.3 Å². The molecular formula is C19H28N4O3S. The Kier molecular flexibility index (Phi) is 5.86. The van der Waals surface area contributed by atoms with Gasteiger partial charge in [-0.2, -0.15) is 11.3 Å². The number of imide groups is 1. The molecule has 0 aromatic carbocycles. The average Bonchev–Trinajstić information content (AvgIpc) is 3.23. The van der Waals surface area contributed by atoms with Gasteiger partial charge in [-0.1, -0.05) is 19.3 Å². The van der Waals surface area contributed by atoms with E-state index >= 15 is 0 Å². The first-order valence-electron chi connectivity index (χ1n) is 9.42. The maximum atomic E-state index is 12.9. The van der Waals surface area contributed by atoms with E-state index in [0.717, 1.165) is 29.7 Å². The fourth-order valence-electron chi connectivity index (χ4n) is 4.14. The van der Waals surface area contributed by atoms with Crippen LogP contribution >= 0.6 is 11.3 Å². The molecule has 4 amide bonds. The van der Waals surface area contributed by atoms with Crippen LogP contribution in [0.1, 0.15) is 43.7 Å². The van der Waals surface area contributed by atoms with Gasteiger partial charge in [0.25, 0.3) is 5.91 Å². The molecule has 2 fully saturated rings.